The molecule has 4 heteroatoms. The molecule has 0 amide bonds. The van der Waals surface area contributed by atoms with Crippen molar-refractivity contribution < 1.29 is 4.42 Å². The van der Waals surface area contributed by atoms with E-state index in [2.05, 4.69) is 4.98 Å². The van der Waals surface area contributed by atoms with E-state index in [1.807, 2.05) is 46.9 Å². The minimum Gasteiger partial charge on any atom is -0.423 e. The van der Waals surface area contributed by atoms with E-state index in [0.717, 1.165) is 22.1 Å². The van der Waals surface area contributed by atoms with E-state index in [0.29, 0.717) is 10.9 Å². The number of imidazole rings is 1. The maximum Gasteiger partial charge on any atom is 0.307 e. The molecule has 0 bridgehead atoms. The topological polar surface area (TPSA) is 30.4 Å². The number of halogens is 1. The molecular weight excluding hydrogens is 236 g/mol. The van der Waals surface area contributed by atoms with Crippen LogP contribution in [0.25, 0.3) is 28.0 Å². The number of oxazole rings is 1. The first-order valence-electron chi connectivity index (χ1n) is 5.28. The van der Waals surface area contributed by atoms with Crippen LogP contribution < -0.4 is 0 Å². The van der Waals surface area contributed by atoms with Gasteiger partial charge in [-0.25, -0.2) is 0 Å². The van der Waals surface area contributed by atoms with Crippen LogP contribution in [-0.2, 0) is 0 Å². The molecule has 4 aromatic rings. The molecule has 0 radical (unpaired) electrons. The quantitative estimate of drug-likeness (QED) is 0.468. The lowest BCUT2D eigenvalue weighted by Crippen LogP contribution is -1.79. The Morgan fingerprint density at radius 2 is 1.94 bits per heavy atom. The van der Waals surface area contributed by atoms with E-state index in [1.165, 1.54) is 0 Å². The Labute approximate surface area is 101 Å². The van der Waals surface area contributed by atoms with Gasteiger partial charge >= 0.3 is 5.84 Å². The number of nitrogens with zero attached hydrogens (tertiary/aromatic N) is 2. The number of hydrogen-bond donors (Lipinski definition) is 0. The second kappa shape index (κ2) is 3.02. The summed E-state index contributed by atoms with van der Waals surface area (Å²) in [6, 6.07) is 13.5. The molecule has 0 saturated heterocycles. The van der Waals surface area contributed by atoms with Crippen LogP contribution in [0.3, 0.4) is 0 Å². The Bertz CT molecular complexity index is 860. The highest BCUT2D eigenvalue weighted by Gasteiger charge is 2.12. The third-order valence-electron chi connectivity index (χ3n) is 2.89. The normalized spacial score (nSPS) is 11.8. The number of benzene rings is 2. The van der Waals surface area contributed by atoms with Crippen molar-refractivity contribution in [1.29, 1.82) is 0 Å². The average molecular weight is 243 g/mol. The molecule has 82 valence electrons. The molecule has 2 aromatic heterocycles. The lowest BCUT2D eigenvalue weighted by Gasteiger charge is -1.93. The predicted molar refractivity (Wildman–Crippen MR) is 67.5 cm³/mol. The fraction of sp³-hybridized carbons (Fsp3) is 0. The van der Waals surface area contributed by atoms with Gasteiger partial charge in [0.15, 0.2) is 5.58 Å². The third-order valence-corrected chi connectivity index (χ3v) is 3.13. The zero-order chi connectivity index (χ0) is 11.4. The van der Waals surface area contributed by atoms with Crippen molar-refractivity contribution >= 4 is 39.6 Å². The van der Waals surface area contributed by atoms with E-state index in [1.54, 1.807) is 0 Å². The zero-order valence-corrected chi connectivity index (χ0v) is 9.48. The van der Waals surface area contributed by atoms with E-state index in [4.69, 9.17) is 16.0 Å². The predicted octanol–water partition coefficient (Wildman–Crippen LogP) is 3.89. The van der Waals surface area contributed by atoms with Crippen LogP contribution in [0.15, 0.2) is 46.9 Å². The zero-order valence-electron chi connectivity index (χ0n) is 8.72. The largest absolute Gasteiger partial charge is 0.423 e. The molecule has 3 nitrogen and oxygen atoms in total. The van der Waals surface area contributed by atoms with Crippen LogP contribution in [0, 0.1) is 0 Å². The molecule has 0 unspecified atom stereocenters. The fourth-order valence-corrected chi connectivity index (χ4v) is 2.32. The molecule has 0 aliphatic heterocycles. The number of rotatable bonds is 0. The minimum absolute atomic E-state index is 0.600. The molecule has 4 rings (SSSR count). The minimum atomic E-state index is 0.600. The Hall–Kier alpha value is -2.00. The van der Waals surface area contributed by atoms with Crippen LogP contribution in [-0.4, -0.2) is 9.38 Å². The number of fused-ring (bicyclic) bond motifs is 5. The second-order valence-corrected chi connectivity index (χ2v) is 4.37. The molecule has 17 heavy (non-hydrogen) atoms. The third kappa shape index (κ3) is 1.14. The summed E-state index contributed by atoms with van der Waals surface area (Å²) in [4.78, 5) is 4.44. The monoisotopic (exact) mass is 242 g/mol. The number of para-hydroxylation sites is 2. The van der Waals surface area contributed by atoms with Crippen LogP contribution in [0.5, 0.6) is 0 Å². The van der Waals surface area contributed by atoms with Gasteiger partial charge in [0.25, 0.3) is 0 Å². The maximum atomic E-state index is 6.02. The van der Waals surface area contributed by atoms with Crippen molar-refractivity contribution in [3.63, 3.8) is 0 Å². The molecule has 0 N–H and O–H groups in total. The summed E-state index contributed by atoms with van der Waals surface area (Å²) >= 11 is 6.02. The van der Waals surface area contributed by atoms with Crippen molar-refractivity contribution in [2.24, 2.45) is 0 Å². The Kier molecular flexibility index (Phi) is 1.61. The highest BCUT2D eigenvalue weighted by atomic mass is 35.5. The van der Waals surface area contributed by atoms with Crippen LogP contribution in [0.4, 0.5) is 0 Å². The average Bonchev–Trinajstić information content (AvgIpc) is 2.84. The van der Waals surface area contributed by atoms with Gasteiger partial charge in [0.05, 0.1) is 16.6 Å². The number of aromatic nitrogens is 2. The van der Waals surface area contributed by atoms with E-state index in [9.17, 15) is 0 Å². The van der Waals surface area contributed by atoms with Crippen molar-refractivity contribution in [1.82, 2.24) is 9.38 Å². The first-order valence-corrected chi connectivity index (χ1v) is 5.66. The van der Waals surface area contributed by atoms with Crippen molar-refractivity contribution in [2.75, 3.05) is 0 Å². The van der Waals surface area contributed by atoms with Crippen molar-refractivity contribution in [3.05, 3.63) is 47.5 Å². The number of hydrogen-bond acceptors (Lipinski definition) is 2. The smallest absolute Gasteiger partial charge is 0.307 e. The van der Waals surface area contributed by atoms with Gasteiger partial charge in [-0.3, -0.25) is 4.40 Å². The molecular formula is C13H7ClN2O. The molecule has 2 aromatic carbocycles. The summed E-state index contributed by atoms with van der Waals surface area (Å²) in [7, 11) is 0. The second-order valence-electron chi connectivity index (χ2n) is 3.93. The van der Waals surface area contributed by atoms with Crippen LogP contribution in [0.1, 0.15) is 0 Å². The Morgan fingerprint density at radius 1 is 1.06 bits per heavy atom. The van der Waals surface area contributed by atoms with E-state index in [-0.39, 0.29) is 0 Å². The van der Waals surface area contributed by atoms with Gasteiger partial charge in [-0.2, -0.15) is 4.98 Å². The van der Waals surface area contributed by atoms with Crippen molar-refractivity contribution in [2.45, 2.75) is 0 Å². The molecule has 0 atom stereocenters. The molecule has 0 aliphatic carbocycles. The lowest BCUT2D eigenvalue weighted by molar-refractivity contribution is 0.643. The summed E-state index contributed by atoms with van der Waals surface area (Å²) in [6.45, 7) is 0. The first-order chi connectivity index (χ1) is 8.33. The molecule has 2 heterocycles. The SMILES string of the molecule is Clc1ccc2oc3nc4ccccc4n3c2c1. The van der Waals surface area contributed by atoms with Gasteiger partial charge in [0.1, 0.15) is 0 Å². The van der Waals surface area contributed by atoms with Crippen molar-refractivity contribution in [3.8, 4) is 0 Å². The maximum absolute atomic E-state index is 6.02. The Morgan fingerprint density at radius 3 is 2.88 bits per heavy atom. The van der Waals surface area contributed by atoms with Crippen LogP contribution >= 0.6 is 11.6 Å². The van der Waals surface area contributed by atoms with Gasteiger partial charge in [0, 0.05) is 5.02 Å². The standard InChI is InChI=1S/C13H7ClN2O/c14-8-5-6-12-11(7-8)16-10-4-2-1-3-9(10)15-13(16)17-12/h1-7H. The lowest BCUT2D eigenvalue weighted by atomic mass is 10.3. The van der Waals surface area contributed by atoms with Gasteiger partial charge in [-0.1, -0.05) is 23.7 Å². The Balaban J connectivity index is 2.33. The van der Waals surface area contributed by atoms with Gasteiger partial charge < -0.3 is 4.42 Å². The molecule has 0 spiro atoms. The summed E-state index contributed by atoms with van der Waals surface area (Å²) in [5.74, 6) is 0.600. The summed E-state index contributed by atoms with van der Waals surface area (Å²) in [5.41, 5.74) is 3.69. The molecule has 0 saturated carbocycles. The summed E-state index contributed by atoms with van der Waals surface area (Å²) < 4.78 is 7.67. The highest BCUT2D eigenvalue weighted by Crippen LogP contribution is 2.27. The van der Waals surface area contributed by atoms with Gasteiger partial charge in [-0.05, 0) is 30.3 Å². The highest BCUT2D eigenvalue weighted by molar-refractivity contribution is 6.31. The van der Waals surface area contributed by atoms with Gasteiger partial charge in [-0.15, -0.1) is 0 Å². The molecule has 0 aliphatic rings. The summed E-state index contributed by atoms with van der Waals surface area (Å²) in [6.07, 6.45) is 0. The van der Waals surface area contributed by atoms with Gasteiger partial charge in [0.2, 0.25) is 0 Å². The summed E-state index contributed by atoms with van der Waals surface area (Å²) in [5, 5.41) is 0.693. The van der Waals surface area contributed by atoms with Crippen LogP contribution in [0.2, 0.25) is 5.02 Å². The fourth-order valence-electron chi connectivity index (χ4n) is 2.16. The van der Waals surface area contributed by atoms with E-state index >= 15 is 0 Å². The molecule has 0 fully saturated rings. The van der Waals surface area contributed by atoms with E-state index < -0.39 is 0 Å². The first kappa shape index (κ1) is 9.07.